The maximum absolute atomic E-state index is 12.6. The maximum atomic E-state index is 12.6. The van der Waals surface area contributed by atoms with Gasteiger partial charge in [-0.15, -0.1) is 0 Å². The molecule has 0 unspecified atom stereocenters. The number of alkyl halides is 3. The molecule has 0 radical (unpaired) electrons. The zero-order chi connectivity index (χ0) is 24.7. The molecule has 0 fully saturated rings. The Bertz CT molecular complexity index is 1140. The van der Waals surface area contributed by atoms with E-state index < -0.39 is 18.8 Å². The summed E-state index contributed by atoms with van der Waals surface area (Å²) in [5.41, 5.74) is 1.87. The van der Waals surface area contributed by atoms with Crippen LogP contribution in [0, 0.1) is 0 Å². The van der Waals surface area contributed by atoms with E-state index in [0.29, 0.717) is 36.7 Å². The summed E-state index contributed by atoms with van der Waals surface area (Å²) >= 11 is 0. The summed E-state index contributed by atoms with van der Waals surface area (Å²) in [6.07, 6.45) is -2.99. The van der Waals surface area contributed by atoms with Crippen LogP contribution in [0.4, 0.5) is 30.8 Å². The Balaban J connectivity index is 1.59. The fourth-order valence-electron chi connectivity index (χ4n) is 3.14. The number of carbonyl (C=O) groups is 1. The van der Waals surface area contributed by atoms with E-state index in [9.17, 15) is 18.0 Å². The Morgan fingerprint density at radius 3 is 2.40 bits per heavy atom. The Hall–Kier alpha value is -4.09. The highest BCUT2D eigenvalue weighted by molar-refractivity contribution is 5.94. The molecule has 184 valence electrons. The molecular weight excluding hydrogens is 465 g/mol. The zero-order valence-corrected chi connectivity index (χ0v) is 18.6. The minimum absolute atomic E-state index is 0.0217. The van der Waals surface area contributed by atoms with Crippen LogP contribution in [0.3, 0.4) is 0 Å². The van der Waals surface area contributed by atoms with Gasteiger partial charge in [-0.25, -0.2) is 0 Å². The molecule has 4 aliphatic rings. The smallest absolute Gasteiger partial charge is 0.422 e. The van der Waals surface area contributed by atoms with Gasteiger partial charge in [0.25, 0.3) is 5.91 Å². The lowest BCUT2D eigenvalue weighted by Gasteiger charge is -2.12. The highest BCUT2D eigenvalue weighted by Gasteiger charge is 2.29. The normalized spacial score (nSPS) is 14.7. The molecule has 4 aliphatic heterocycles. The van der Waals surface area contributed by atoms with Crippen molar-refractivity contribution in [1.82, 2.24) is 20.3 Å². The Kier molecular flexibility index (Phi) is 7.48. The van der Waals surface area contributed by atoms with Crippen LogP contribution in [-0.2, 0) is 6.54 Å². The van der Waals surface area contributed by atoms with Crippen molar-refractivity contribution >= 4 is 23.5 Å². The minimum atomic E-state index is -4.55. The number of nitrogens with zero attached hydrogens (tertiary/aromatic N) is 3. The van der Waals surface area contributed by atoms with E-state index >= 15 is 0 Å². The van der Waals surface area contributed by atoms with E-state index in [1.165, 1.54) is 0 Å². The number of amides is 1. The van der Waals surface area contributed by atoms with Gasteiger partial charge in [-0.05, 0) is 54.8 Å². The topological polar surface area (TPSA) is 110 Å². The predicted octanol–water partition coefficient (Wildman–Crippen LogP) is 4.07. The number of nitrogens with one attached hydrogen (secondary N) is 3. The lowest BCUT2D eigenvalue weighted by atomic mass is 10.2. The van der Waals surface area contributed by atoms with E-state index in [-0.39, 0.29) is 17.8 Å². The summed E-state index contributed by atoms with van der Waals surface area (Å²) in [5.74, 6) is 0.500. The van der Waals surface area contributed by atoms with Crippen molar-refractivity contribution in [2.75, 3.05) is 30.4 Å². The van der Waals surface area contributed by atoms with Gasteiger partial charge in [0, 0.05) is 24.3 Å². The first-order valence-corrected chi connectivity index (χ1v) is 10.9. The Morgan fingerprint density at radius 1 is 0.914 bits per heavy atom. The fraction of sp³-hybridized carbons (Fsp3) is 0.304. The van der Waals surface area contributed by atoms with Crippen molar-refractivity contribution in [2.24, 2.45) is 0 Å². The lowest BCUT2D eigenvalue weighted by Crippen LogP contribution is -2.24. The number of aromatic nitrogens is 3. The molecule has 0 atom stereocenters. The van der Waals surface area contributed by atoms with Crippen molar-refractivity contribution in [2.45, 2.75) is 25.6 Å². The number of ether oxygens (including phenoxy) is 2. The Labute approximate surface area is 199 Å². The van der Waals surface area contributed by atoms with Crippen molar-refractivity contribution in [3.05, 3.63) is 59.7 Å². The minimum Gasteiger partial charge on any atom is -0.494 e. The average molecular weight is 488 g/mol. The maximum Gasteiger partial charge on any atom is 0.422 e. The molecule has 35 heavy (non-hydrogen) atoms. The molecule has 0 saturated heterocycles. The molecule has 5 heterocycles. The van der Waals surface area contributed by atoms with Crippen LogP contribution in [-0.4, -0.2) is 46.8 Å². The van der Waals surface area contributed by atoms with Gasteiger partial charge in [0.05, 0.1) is 6.61 Å². The highest BCUT2D eigenvalue weighted by Crippen LogP contribution is 2.21. The van der Waals surface area contributed by atoms with Crippen molar-refractivity contribution in [3.8, 4) is 11.8 Å². The fourth-order valence-corrected chi connectivity index (χ4v) is 3.14. The number of rotatable bonds is 2. The molecule has 0 aliphatic carbocycles. The number of anilines is 3. The number of carbonyl (C=O) groups excluding carboxylic acids is 1. The van der Waals surface area contributed by atoms with Crippen LogP contribution < -0.4 is 25.4 Å². The third kappa shape index (κ3) is 7.45. The second-order valence-corrected chi connectivity index (χ2v) is 7.68. The van der Waals surface area contributed by atoms with Crippen LogP contribution in [0.5, 0.6) is 11.8 Å². The molecule has 1 amide bonds. The first-order valence-electron chi connectivity index (χ1n) is 10.9. The van der Waals surface area contributed by atoms with Gasteiger partial charge in [-0.3, -0.25) is 4.79 Å². The molecule has 9 nitrogen and oxygen atoms in total. The van der Waals surface area contributed by atoms with Crippen LogP contribution in [0.25, 0.3) is 0 Å². The van der Waals surface area contributed by atoms with Crippen LogP contribution >= 0.6 is 0 Å². The van der Waals surface area contributed by atoms with Gasteiger partial charge in [-0.2, -0.15) is 28.1 Å². The van der Waals surface area contributed by atoms with E-state index in [4.69, 9.17) is 9.47 Å². The molecule has 12 heteroatoms. The summed E-state index contributed by atoms with van der Waals surface area (Å²) in [4.78, 5) is 24.4. The van der Waals surface area contributed by atoms with Crippen LogP contribution in [0.15, 0.2) is 48.5 Å². The van der Waals surface area contributed by atoms with Gasteiger partial charge < -0.3 is 25.4 Å². The van der Waals surface area contributed by atoms with Gasteiger partial charge in [0.2, 0.25) is 11.9 Å². The SMILES string of the molecule is O=C1NCCCCOc2ccc(cc2)CNc2nc(nc(OCC(F)(F)F)n2)Nc2ccc1cc2. The monoisotopic (exact) mass is 488 g/mol. The molecule has 0 spiro atoms. The standard InChI is InChI=1S/C23H23F3N6O3/c24-23(25,26)14-35-22-31-20-28-13-15-3-9-18(10-4-15)34-12-2-1-11-27-19(33)16-5-7-17(8-6-16)29-21(30-20)32-22/h3-10H,1-2,11-14H2,(H,27,33)(H2,28,29,30,31,32). The number of hydrogen-bond donors (Lipinski definition) is 3. The zero-order valence-electron chi connectivity index (χ0n) is 18.6. The largest absolute Gasteiger partial charge is 0.494 e. The summed E-state index contributed by atoms with van der Waals surface area (Å²) < 4.78 is 48.4. The Morgan fingerprint density at radius 2 is 1.66 bits per heavy atom. The number of hydrogen-bond acceptors (Lipinski definition) is 8. The molecule has 1 aromatic heterocycles. The van der Waals surface area contributed by atoms with E-state index in [2.05, 4.69) is 30.9 Å². The van der Waals surface area contributed by atoms with Crippen molar-refractivity contribution < 1.29 is 27.4 Å². The quantitative estimate of drug-likeness (QED) is 0.495. The third-order valence-corrected chi connectivity index (χ3v) is 4.88. The second kappa shape index (κ2) is 10.9. The van der Waals surface area contributed by atoms with Gasteiger partial charge in [0.15, 0.2) is 6.61 Å². The third-order valence-electron chi connectivity index (χ3n) is 4.88. The first kappa shape index (κ1) is 24.0. The predicted molar refractivity (Wildman–Crippen MR) is 122 cm³/mol. The van der Waals surface area contributed by atoms with Gasteiger partial charge in [0.1, 0.15) is 5.75 Å². The van der Waals surface area contributed by atoms with E-state index in [1.54, 1.807) is 24.3 Å². The van der Waals surface area contributed by atoms with Crippen molar-refractivity contribution in [3.63, 3.8) is 0 Å². The molecule has 0 saturated carbocycles. The summed E-state index contributed by atoms with van der Waals surface area (Å²) in [7, 11) is 0. The lowest BCUT2D eigenvalue weighted by molar-refractivity contribution is -0.154. The van der Waals surface area contributed by atoms with Gasteiger partial charge >= 0.3 is 12.2 Å². The number of benzene rings is 2. The first-order chi connectivity index (χ1) is 16.8. The summed E-state index contributed by atoms with van der Waals surface area (Å²) in [6.45, 7) is -0.199. The molecule has 3 N–H and O–H groups in total. The van der Waals surface area contributed by atoms with Crippen LogP contribution in [0.2, 0.25) is 0 Å². The summed E-state index contributed by atoms with van der Waals surface area (Å²) in [6, 6.07) is 13.4. The molecular formula is C23H23F3N6O3. The van der Waals surface area contributed by atoms with Crippen molar-refractivity contribution in [1.29, 1.82) is 0 Å². The van der Waals surface area contributed by atoms with Gasteiger partial charge in [-0.1, -0.05) is 12.1 Å². The molecule has 2 aromatic carbocycles. The van der Waals surface area contributed by atoms with E-state index in [0.717, 1.165) is 18.4 Å². The highest BCUT2D eigenvalue weighted by atomic mass is 19.4. The molecule has 3 aromatic rings. The number of halogens is 3. The van der Waals surface area contributed by atoms with E-state index in [1.807, 2.05) is 24.3 Å². The molecule has 6 bridgehead atoms. The molecule has 7 rings (SSSR count). The average Bonchev–Trinajstić information content (AvgIpc) is 2.84. The second-order valence-electron chi connectivity index (χ2n) is 7.68. The summed E-state index contributed by atoms with van der Waals surface area (Å²) in [5, 5.41) is 8.73. The van der Waals surface area contributed by atoms with Crippen LogP contribution in [0.1, 0.15) is 28.8 Å².